The molecule has 134 valence electrons. The summed E-state index contributed by atoms with van der Waals surface area (Å²) in [5.41, 5.74) is 3.52. The minimum absolute atomic E-state index is 0.136. The van der Waals surface area contributed by atoms with Crippen molar-refractivity contribution in [1.82, 2.24) is 16.1 Å². The van der Waals surface area contributed by atoms with Crippen molar-refractivity contribution in [3.63, 3.8) is 0 Å². The number of hydroxylamine groups is 1. The standard InChI is InChI=1S/C19H19N3O4/c23-17(11-8-14-4-2-1-3-5-14)21-13-18(24)20-12-15-6-9-16(10-7-15)19(25)22-26/h1-11,26H,12-13H2,(H,20,24)(H,21,23)(H,22,25)/b11-8+. The van der Waals surface area contributed by atoms with Crippen molar-refractivity contribution in [1.29, 1.82) is 0 Å². The fourth-order valence-corrected chi connectivity index (χ4v) is 2.06. The molecule has 0 unspecified atom stereocenters. The molecule has 0 radical (unpaired) electrons. The van der Waals surface area contributed by atoms with E-state index in [4.69, 9.17) is 5.21 Å². The van der Waals surface area contributed by atoms with E-state index >= 15 is 0 Å². The van der Waals surface area contributed by atoms with E-state index in [1.54, 1.807) is 23.7 Å². The normalized spacial score (nSPS) is 10.3. The van der Waals surface area contributed by atoms with Gasteiger partial charge < -0.3 is 10.6 Å². The molecule has 2 rings (SSSR count). The summed E-state index contributed by atoms with van der Waals surface area (Å²) in [5.74, 6) is -1.29. The van der Waals surface area contributed by atoms with Crippen LogP contribution in [0.4, 0.5) is 0 Å². The summed E-state index contributed by atoms with van der Waals surface area (Å²) >= 11 is 0. The first-order chi connectivity index (χ1) is 12.6. The zero-order valence-electron chi connectivity index (χ0n) is 13.9. The lowest BCUT2D eigenvalue weighted by Crippen LogP contribution is -2.35. The SMILES string of the molecule is O=C(/C=C/c1ccccc1)NCC(=O)NCc1ccc(C(=O)NO)cc1. The van der Waals surface area contributed by atoms with Crippen molar-refractivity contribution < 1.29 is 19.6 Å². The maximum atomic E-state index is 11.8. The molecular weight excluding hydrogens is 334 g/mol. The Labute approximate surface area is 150 Å². The average molecular weight is 353 g/mol. The van der Waals surface area contributed by atoms with Crippen LogP contribution in [-0.2, 0) is 16.1 Å². The van der Waals surface area contributed by atoms with Crippen molar-refractivity contribution in [3.8, 4) is 0 Å². The van der Waals surface area contributed by atoms with Crippen LogP contribution in [0.3, 0.4) is 0 Å². The van der Waals surface area contributed by atoms with Crippen molar-refractivity contribution in [2.24, 2.45) is 0 Å². The van der Waals surface area contributed by atoms with Gasteiger partial charge in [-0.3, -0.25) is 19.6 Å². The molecular formula is C19H19N3O4. The monoisotopic (exact) mass is 353 g/mol. The summed E-state index contributed by atoms with van der Waals surface area (Å²) < 4.78 is 0. The van der Waals surface area contributed by atoms with E-state index in [9.17, 15) is 14.4 Å². The molecule has 0 aliphatic heterocycles. The second-order valence-corrected chi connectivity index (χ2v) is 5.38. The molecule has 0 saturated heterocycles. The number of carbonyl (C=O) groups is 3. The predicted molar refractivity (Wildman–Crippen MR) is 96.0 cm³/mol. The Hall–Kier alpha value is -3.45. The lowest BCUT2D eigenvalue weighted by atomic mass is 10.1. The third-order valence-electron chi connectivity index (χ3n) is 3.46. The first-order valence-electron chi connectivity index (χ1n) is 7.89. The zero-order chi connectivity index (χ0) is 18.8. The average Bonchev–Trinajstić information content (AvgIpc) is 2.69. The Bertz CT molecular complexity index is 786. The van der Waals surface area contributed by atoms with Crippen molar-refractivity contribution in [2.75, 3.05) is 6.54 Å². The Morgan fingerprint density at radius 1 is 0.923 bits per heavy atom. The fraction of sp³-hybridized carbons (Fsp3) is 0.105. The van der Waals surface area contributed by atoms with E-state index in [0.29, 0.717) is 5.56 Å². The third kappa shape index (κ3) is 6.21. The van der Waals surface area contributed by atoms with Gasteiger partial charge in [0.05, 0.1) is 6.54 Å². The van der Waals surface area contributed by atoms with E-state index in [-0.39, 0.29) is 24.9 Å². The molecule has 0 atom stereocenters. The quantitative estimate of drug-likeness (QED) is 0.341. The smallest absolute Gasteiger partial charge is 0.274 e. The first-order valence-corrected chi connectivity index (χ1v) is 7.89. The van der Waals surface area contributed by atoms with Crippen molar-refractivity contribution in [3.05, 3.63) is 77.4 Å². The van der Waals surface area contributed by atoms with Crippen LogP contribution in [0, 0.1) is 0 Å². The molecule has 2 aromatic rings. The molecule has 7 heteroatoms. The maximum Gasteiger partial charge on any atom is 0.274 e. The van der Waals surface area contributed by atoms with E-state index in [1.165, 1.54) is 18.2 Å². The Balaban J connectivity index is 1.72. The molecule has 0 aromatic heterocycles. The molecule has 7 nitrogen and oxygen atoms in total. The molecule has 0 fully saturated rings. The summed E-state index contributed by atoms with van der Waals surface area (Å²) in [6, 6.07) is 15.7. The van der Waals surface area contributed by atoms with Gasteiger partial charge in [-0.25, -0.2) is 5.48 Å². The minimum Gasteiger partial charge on any atom is -0.350 e. The lowest BCUT2D eigenvalue weighted by molar-refractivity contribution is -0.124. The first kappa shape index (κ1) is 18.9. The molecule has 26 heavy (non-hydrogen) atoms. The van der Waals surface area contributed by atoms with E-state index in [0.717, 1.165) is 11.1 Å². The number of carbonyl (C=O) groups excluding carboxylic acids is 3. The van der Waals surface area contributed by atoms with Crippen molar-refractivity contribution in [2.45, 2.75) is 6.54 Å². The van der Waals surface area contributed by atoms with Gasteiger partial charge in [-0.2, -0.15) is 0 Å². The van der Waals surface area contributed by atoms with Crippen molar-refractivity contribution >= 4 is 23.8 Å². The van der Waals surface area contributed by atoms with E-state index < -0.39 is 5.91 Å². The van der Waals surface area contributed by atoms with Gasteiger partial charge in [0.15, 0.2) is 0 Å². The van der Waals surface area contributed by atoms with Crippen LogP contribution in [0.5, 0.6) is 0 Å². The molecule has 0 saturated carbocycles. The summed E-state index contributed by atoms with van der Waals surface area (Å²) in [6.45, 7) is 0.124. The lowest BCUT2D eigenvalue weighted by Gasteiger charge is -2.06. The topological polar surface area (TPSA) is 108 Å². The zero-order valence-corrected chi connectivity index (χ0v) is 13.9. The number of benzene rings is 2. The Kier molecular flexibility index (Phi) is 7.08. The van der Waals surface area contributed by atoms with Crippen LogP contribution in [0.25, 0.3) is 6.08 Å². The fourth-order valence-electron chi connectivity index (χ4n) is 2.06. The molecule has 3 amide bonds. The van der Waals surface area contributed by atoms with Gasteiger partial charge in [0, 0.05) is 18.2 Å². The highest BCUT2D eigenvalue weighted by Crippen LogP contribution is 2.04. The van der Waals surface area contributed by atoms with Crippen LogP contribution >= 0.6 is 0 Å². The predicted octanol–water partition coefficient (Wildman–Crippen LogP) is 1.25. The highest BCUT2D eigenvalue weighted by molar-refractivity contribution is 5.94. The molecule has 0 spiro atoms. The van der Waals surface area contributed by atoms with Gasteiger partial charge in [-0.05, 0) is 29.3 Å². The number of amides is 3. The molecule has 4 N–H and O–H groups in total. The highest BCUT2D eigenvalue weighted by atomic mass is 16.5. The molecule has 0 heterocycles. The van der Waals surface area contributed by atoms with Crippen LogP contribution in [0.15, 0.2) is 60.7 Å². The van der Waals surface area contributed by atoms with Crippen LogP contribution in [0.1, 0.15) is 21.5 Å². The van der Waals surface area contributed by atoms with Gasteiger partial charge >= 0.3 is 0 Å². The number of hydrogen-bond donors (Lipinski definition) is 4. The summed E-state index contributed by atoms with van der Waals surface area (Å²) in [4.78, 5) is 34.7. The van der Waals surface area contributed by atoms with Gasteiger partial charge in [0.2, 0.25) is 11.8 Å². The maximum absolute atomic E-state index is 11.8. The summed E-state index contributed by atoms with van der Waals surface area (Å²) in [7, 11) is 0. The second kappa shape index (κ2) is 9.75. The summed E-state index contributed by atoms with van der Waals surface area (Å²) in [5, 5.41) is 13.7. The van der Waals surface area contributed by atoms with Gasteiger partial charge in [0.25, 0.3) is 5.91 Å². The molecule has 0 aliphatic carbocycles. The van der Waals surface area contributed by atoms with Gasteiger partial charge in [-0.15, -0.1) is 0 Å². The largest absolute Gasteiger partial charge is 0.350 e. The molecule has 0 bridgehead atoms. The summed E-state index contributed by atoms with van der Waals surface area (Å²) in [6.07, 6.45) is 3.03. The Morgan fingerprint density at radius 3 is 2.27 bits per heavy atom. The van der Waals surface area contributed by atoms with Crippen LogP contribution in [0.2, 0.25) is 0 Å². The van der Waals surface area contributed by atoms with E-state index in [2.05, 4.69) is 10.6 Å². The van der Waals surface area contributed by atoms with Crippen LogP contribution in [-0.4, -0.2) is 29.5 Å². The van der Waals surface area contributed by atoms with Gasteiger partial charge in [-0.1, -0.05) is 42.5 Å². The third-order valence-corrected chi connectivity index (χ3v) is 3.46. The number of rotatable bonds is 7. The van der Waals surface area contributed by atoms with E-state index in [1.807, 2.05) is 30.3 Å². The Morgan fingerprint density at radius 2 is 1.62 bits per heavy atom. The minimum atomic E-state index is -0.605. The number of nitrogens with one attached hydrogen (secondary N) is 3. The second-order valence-electron chi connectivity index (χ2n) is 5.38. The molecule has 0 aliphatic rings. The highest BCUT2D eigenvalue weighted by Gasteiger charge is 2.05. The molecule has 2 aromatic carbocycles. The number of hydrogen-bond acceptors (Lipinski definition) is 4. The van der Waals surface area contributed by atoms with Gasteiger partial charge in [0.1, 0.15) is 0 Å². The van der Waals surface area contributed by atoms with Crippen LogP contribution < -0.4 is 16.1 Å².